The summed E-state index contributed by atoms with van der Waals surface area (Å²) in [5.41, 5.74) is 0. The number of rotatable bonds is 6. The topological polar surface area (TPSA) is 32.3 Å². The van der Waals surface area contributed by atoms with E-state index in [9.17, 15) is 4.79 Å². The Morgan fingerprint density at radius 3 is 2.58 bits per heavy atom. The number of carbonyl (C=O) groups is 1. The van der Waals surface area contributed by atoms with Crippen LogP contribution in [-0.4, -0.2) is 29.1 Å². The number of amides is 1. The Morgan fingerprint density at radius 2 is 2.05 bits per heavy atom. The largest absolute Gasteiger partial charge is 0.323 e. The second kappa shape index (κ2) is 6.25. The lowest BCUT2D eigenvalue weighted by Crippen LogP contribution is -2.50. The SMILES string of the molecule is CCCCC1NC(CC(C)C)N(C2CC(C)C2)C1=O. The zero-order chi connectivity index (χ0) is 14.0. The van der Waals surface area contributed by atoms with E-state index in [2.05, 4.69) is 37.9 Å². The van der Waals surface area contributed by atoms with Crippen LogP contribution >= 0.6 is 0 Å². The molecule has 0 spiro atoms. The second-order valence-electron chi connectivity index (χ2n) is 6.98. The first-order chi connectivity index (χ1) is 9.02. The second-order valence-corrected chi connectivity index (χ2v) is 6.98. The summed E-state index contributed by atoms with van der Waals surface area (Å²) in [6, 6.07) is 0.588. The maximum atomic E-state index is 12.6. The summed E-state index contributed by atoms with van der Waals surface area (Å²) in [4.78, 5) is 14.8. The molecule has 2 atom stereocenters. The molecule has 1 N–H and O–H groups in total. The smallest absolute Gasteiger partial charge is 0.241 e. The van der Waals surface area contributed by atoms with Crippen LogP contribution in [0.25, 0.3) is 0 Å². The van der Waals surface area contributed by atoms with Gasteiger partial charge < -0.3 is 4.90 Å². The van der Waals surface area contributed by atoms with Crippen molar-refractivity contribution in [2.24, 2.45) is 11.8 Å². The van der Waals surface area contributed by atoms with Crippen molar-refractivity contribution in [2.75, 3.05) is 0 Å². The van der Waals surface area contributed by atoms with Crippen LogP contribution in [0, 0.1) is 11.8 Å². The Balaban J connectivity index is 2.00. The van der Waals surface area contributed by atoms with Crippen molar-refractivity contribution < 1.29 is 4.79 Å². The van der Waals surface area contributed by atoms with Gasteiger partial charge in [0.15, 0.2) is 0 Å². The van der Waals surface area contributed by atoms with Crippen LogP contribution in [0.15, 0.2) is 0 Å². The van der Waals surface area contributed by atoms with Crippen LogP contribution in [0.1, 0.15) is 66.2 Å². The minimum absolute atomic E-state index is 0.0830. The summed E-state index contributed by atoms with van der Waals surface area (Å²) < 4.78 is 0. The van der Waals surface area contributed by atoms with Gasteiger partial charge in [0.05, 0.1) is 12.2 Å². The molecule has 2 fully saturated rings. The van der Waals surface area contributed by atoms with Crippen molar-refractivity contribution in [1.29, 1.82) is 0 Å². The van der Waals surface area contributed by atoms with E-state index in [0.717, 1.165) is 25.2 Å². The quantitative estimate of drug-likeness (QED) is 0.801. The lowest BCUT2D eigenvalue weighted by atomic mass is 9.80. The lowest BCUT2D eigenvalue weighted by molar-refractivity contribution is -0.135. The molecule has 1 aliphatic heterocycles. The van der Waals surface area contributed by atoms with Crippen molar-refractivity contribution in [1.82, 2.24) is 10.2 Å². The third-order valence-electron chi connectivity index (χ3n) is 4.57. The van der Waals surface area contributed by atoms with Gasteiger partial charge in [-0.25, -0.2) is 0 Å². The Hall–Kier alpha value is -0.570. The van der Waals surface area contributed by atoms with Crippen molar-refractivity contribution in [3.63, 3.8) is 0 Å². The monoisotopic (exact) mass is 266 g/mol. The van der Waals surface area contributed by atoms with E-state index in [1.165, 1.54) is 19.3 Å². The molecule has 1 amide bonds. The molecule has 0 bridgehead atoms. The Bertz CT molecular complexity index is 310. The highest BCUT2D eigenvalue weighted by molar-refractivity contribution is 5.84. The molecule has 110 valence electrons. The molecule has 3 heteroatoms. The molecule has 3 nitrogen and oxygen atoms in total. The molecule has 1 saturated carbocycles. The molecule has 1 saturated heterocycles. The molecular formula is C16H30N2O. The number of carbonyl (C=O) groups excluding carboxylic acids is 1. The summed E-state index contributed by atoms with van der Waals surface area (Å²) in [5, 5.41) is 3.60. The fourth-order valence-corrected chi connectivity index (χ4v) is 3.48. The number of hydrogen-bond acceptors (Lipinski definition) is 2. The number of hydrogen-bond donors (Lipinski definition) is 1. The summed E-state index contributed by atoms with van der Waals surface area (Å²) in [5.74, 6) is 1.80. The highest BCUT2D eigenvalue weighted by Crippen LogP contribution is 2.35. The van der Waals surface area contributed by atoms with Crippen molar-refractivity contribution in [2.45, 2.75) is 84.5 Å². The van der Waals surface area contributed by atoms with E-state index >= 15 is 0 Å². The number of unbranched alkanes of at least 4 members (excludes halogenated alkanes) is 1. The van der Waals surface area contributed by atoms with Crippen LogP contribution in [0.5, 0.6) is 0 Å². The highest BCUT2D eigenvalue weighted by atomic mass is 16.2. The third-order valence-corrected chi connectivity index (χ3v) is 4.57. The van der Waals surface area contributed by atoms with Gasteiger partial charge in [0.1, 0.15) is 0 Å². The van der Waals surface area contributed by atoms with Crippen LogP contribution in [0.2, 0.25) is 0 Å². The molecule has 0 radical (unpaired) electrons. The van der Waals surface area contributed by atoms with Gasteiger partial charge in [-0.15, -0.1) is 0 Å². The van der Waals surface area contributed by atoms with E-state index in [4.69, 9.17) is 0 Å². The van der Waals surface area contributed by atoms with Crippen molar-refractivity contribution in [3.05, 3.63) is 0 Å². The summed E-state index contributed by atoms with van der Waals surface area (Å²) in [7, 11) is 0. The standard InChI is InChI=1S/C16H30N2O/c1-5-6-7-14-16(19)18(13-9-12(4)10-13)15(17-14)8-11(2)3/h11-15,17H,5-10H2,1-4H3. The van der Waals surface area contributed by atoms with Crippen LogP contribution in [-0.2, 0) is 4.79 Å². The average Bonchev–Trinajstić information content (AvgIpc) is 2.58. The fourth-order valence-electron chi connectivity index (χ4n) is 3.48. The van der Waals surface area contributed by atoms with Gasteiger partial charge in [0.25, 0.3) is 0 Å². The van der Waals surface area contributed by atoms with E-state index in [1.807, 2.05) is 0 Å². The third kappa shape index (κ3) is 3.31. The van der Waals surface area contributed by atoms with Crippen molar-refractivity contribution in [3.8, 4) is 0 Å². The van der Waals surface area contributed by atoms with Gasteiger partial charge in [-0.1, -0.05) is 40.5 Å². The minimum Gasteiger partial charge on any atom is -0.323 e. The van der Waals surface area contributed by atoms with E-state index < -0.39 is 0 Å². The first-order valence-electron chi connectivity index (χ1n) is 8.11. The van der Waals surface area contributed by atoms with Gasteiger partial charge in [-0.05, 0) is 37.5 Å². The lowest BCUT2D eigenvalue weighted by Gasteiger charge is -2.42. The maximum absolute atomic E-state index is 12.6. The Morgan fingerprint density at radius 1 is 1.37 bits per heavy atom. The molecule has 1 heterocycles. The van der Waals surface area contributed by atoms with E-state index in [1.54, 1.807) is 0 Å². The molecule has 1 aliphatic carbocycles. The summed E-state index contributed by atoms with van der Waals surface area (Å²) >= 11 is 0. The van der Waals surface area contributed by atoms with Crippen LogP contribution in [0.4, 0.5) is 0 Å². The first-order valence-corrected chi connectivity index (χ1v) is 8.11. The molecule has 2 aliphatic rings. The first kappa shape index (κ1) is 14.8. The van der Waals surface area contributed by atoms with Gasteiger partial charge in [0, 0.05) is 6.04 Å². The molecule has 0 aromatic heterocycles. The Labute approximate surface area is 118 Å². The van der Waals surface area contributed by atoms with Gasteiger partial charge in [0.2, 0.25) is 5.91 Å². The van der Waals surface area contributed by atoms with Crippen LogP contribution in [0.3, 0.4) is 0 Å². The Kier molecular flexibility index (Phi) is 4.88. The summed E-state index contributed by atoms with van der Waals surface area (Å²) in [6.07, 6.45) is 7.08. The minimum atomic E-state index is 0.0830. The average molecular weight is 266 g/mol. The predicted molar refractivity (Wildman–Crippen MR) is 78.7 cm³/mol. The number of nitrogens with one attached hydrogen (secondary N) is 1. The maximum Gasteiger partial charge on any atom is 0.241 e. The fraction of sp³-hybridized carbons (Fsp3) is 0.938. The molecule has 2 rings (SSSR count). The van der Waals surface area contributed by atoms with Gasteiger partial charge in [-0.2, -0.15) is 0 Å². The van der Waals surface area contributed by atoms with Crippen LogP contribution < -0.4 is 5.32 Å². The van der Waals surface area contributed by atoms with Gasteiger partial charge >= 0.3 is 0 Å². The predicted octanol–water partition coefficient (Wildman–Crippen LogP) is 3.15. The van der Waals surface area contributed by atoms with Gasteiger partial charge in [-0.3, -0.25) is 10.1 Å². The normalized spacial score (nSPS) is 35.0. The molecule has 0 aromatic rings. The molecular weight excluding hydrogens is 236 g/mol. The van der Waals surface area contributed by atoms with E-state index in [-0.39, 0.29) is 12.2 Å². The zero-order valence-electron chi connectivity index (χ0n) is 13.0. The molecule has 2 unspecified atom stereocenters. The zero-order valence-corrected chi connectivity index (χ0v) is 13.0. The van der Waals surface area contributed by atoms with E-state index in [0.29, 0.717) is 17.9 Å². The molecule has 0 aromatic carbocycles. The van der Waals surface area contributed by atoms with Crippen molar-refractivity contribution >= 4 is 5.91 Å². The molecule has 19 heavy (non-hydrogen) atoms. The number of nitrogens with zero attached hydrogens (tertiary/aromatic N) is 1. The summed E-state index contributed by atoms with van der Waals surface area (Å²) in [6.45, 7) is 8.97. The highest BCUT2D eigenvalue weighted by Gasteiger charge is 2.45.